The van der Waals surface area contributed by atoms with E-state index in [9.17, 15) is 14.0 Å². The van der Waals surface area contributed by atoms with Crippen molar-refractivity contribution in [1.29, 1.82) is 0 Å². The zero-order valence-corrected chi connectivity index (χ0v) is 8.44. The van der Waals surface area contributed by atoms with Crippen LogP contribution in [-0.4, -0.2) is 24.6 Å². The molecule has 0 saturated carbocycles. The molecule has 1 aromatic rings. The number of aliphatic carboxylic acids is 1. The van der Waals surface area contributed by atoms with E-state index in [1.54, 1.807) is 0 Å². The monoisotopic (exact) mass is 227 g/mol. The summed E-state index contributed by atoms with van der Waals surface area (Å²) in [7, 11) is 1.30. The van der Waals surface area contributed by atoms with Gasteiger partial charge in [-0.3, -0.25) is 4.79 Å². The van der Waals surface area contributed by atoms with Gasteiger partial charge in [-0.15, -0.1) is 0 Å². The molecule has 2 N–H and O–H groups in total. The summed E-state index contributed by atoms with van der Waals surface area (Å²) in [5, 5.41) is 10.9. The molecule has 0 fully saturated rings. The van der Waals surface area contributed by atoms with Crippen LogP contribution in [0.4, 0.5) is 4.39 Å². The van der Waals surface area contributed by atoms with Crippen LogP contribution in [0, 0.1) is 5.82 Å². The van der Waals surface area contributed by atoms with Crippen LogP contribution in [0.25, 0.3) is 0 Å². The summed E-state index contributed by atoms with van der Waals surface area (Å²) in [5.74, 6) is -1.94. The van der Waals surface area contributed by atoms with E-state index >= 15 is 0 Å². The van der Waals surface area contributed by atoms with Crippen molar-refractivity contribution in [3.8, 4) is 5.75 Å². The number of carboxylic acid groups (broad SMARTS) is 1. The molecule has 1 atom stereocenters. The number of carbonyl (C=O) groups excluding carboxylic acids is 1. The third-order valence-electron chi connectivity index (χ3n) is 1.99. The molecule has 0 radical (unpaired) electrons. The number of hydrogen-bond donors (Lipinski definition) is 2. The number of rotatable bonds is 5. The molecule has 0 aliphatic rings. The average Bonchev–Trinajstić information content (AvgIpc) is 2.25. The molecule has 0 bridgehead atoms. The van der Waals surface area contributed by atoms with Crippen molar-refractivity contribution in [2.45, 2.75) is 6.04 Å². The Labute approximate surface area is 90.8 Å². The van der Waals surface area contributed by atoms with Crippen LogP contribution < -0.4 is 10.1 Å². The molecular weight excluding hydrogens is 217 g/mol. The lowest BCUT2D eigenvalue weighted by atomic mass is 10.1. The van der Waals surface area contributed by atoms with Gasteiger partial charge in [0, 0.05) is 0 Å². The van der Waals surface area contributed by atoms with Gasteiger partial charge in [0.2, 0.25) is 6.41 Å². The van der Waals surface area contributed by atoms with E-state index in [1.807, 2.05) is 0 Å². The number of halogens is 1. The van der Waals surface area contributed by atoms with Gasteiger partial charge in [-0.05, 0) is 17.7 Å². The Morgan fingerprint density at radius 1 is 1.62 bits per heavy atom. The summed E-state index contributed by atoms with van der Waals surface area (Å²) in [6.45, 7) is 0. The first kappa shape index (κ1) is 12.0. The lowest BCUT2D eigenvalue weighted by Crippen LogP contribution is -2.27. The number of carboxylic acids is 1. The molecule has 0 aliphatic heterocycles. The molecule has 5 nitrogen and oxygen atoms in total. The standard InChI is InChI=1S/C10H10FNO4/c1-16-8-3-2-6(4-7(8)11)9(10(14)15)12-5-13/h2-5,9H,1H3,(H,12,13)(H,14,15). The molecule has 0 saturated heterocycles. The van der Waals surface area contributed by atoms with Crippen molar-refractivity contribution in [3.05, 3.63) is 29.6 Å². The van der Waals surface area contributed by atoms with Crippen molar-refractivity contribution in [2.75, 3.05) is 7.11 Å². The van der Waals surface area contributed by atoms with Crippen LogP contribution in [-0.2, 0) is 9.59 Å². The molecule has 0 aliphatic carbocycles. The van der Waals surface area contributed by atoms with Crippen molar-refractivity contribution in [2.24, 2.45) is 0 Å². The van der Waals surface area contributed by atoms with Gasteiger partial charge in [-0.2, -0.15) is 0 Å². The van der Waals surface area contributed by atoms with Gasteiger partial charge < -0.3 is 15.2 Å². The summed E-state index contributed by atoms with van der Waals surface area (Å²) >= 11 is 0. The van der Waals surface area contributed by atoms with E-state index in [4.69, 9.17) is 5.11 Å². The molecule has 86 valence electrons. The predicted octanol–water partition coefficient (Wildman–Crippen LogP) is 0.706. The Bertz CT molecular complexity index is 408. The van der Waals surface area contributed by atoms with Crippen molar-refractivity contribution in [1.82, 2.24) is 5.32 Å². The number of methoxy groups -OCH3 is 1. The zero-order valence-electron chi connectivity index (χ0n) is 8.44. The van der Waals surface area contributed by atoms with Gasteiger partial charge in [0.05, 0.1) is 7.11 Å². The first-order valence-electron chi connectivity index (χ1n) is 4.36. The Morgan fingerprint density at radius 2 is 2.31 bits per heavy atom. The normalized spacial score (nSPS) is 11.6. The molecule has 1 amide bonds. The summed E-state index contributed by atoms with van der Waals surface area (Å²) in [6, 6.07) is 2.41. The smallest absolute Gasteiger partial charge is 0.330 e. The van der Waals surface area contributed by atoms with Crippen LogP contribution in [0.15, 0.2) is 18.2 Å². The van der Waals surface area contributed by atoms with Gasteiger partial charge in [0.25, 0.3) is 0 Å². The van der Waals surface area contributed by atoms with Crippen LogP contribution >= 0.6 is 0 Å². The van der Waals surface area contributed by atoms with Gasteiger partial charge >= 0.3 is 5.97 Å². The van der Waals surface area contributed by atoms with E-state index in [1.165, 1.54) is 19.2 Å². The van der Waals surface area contributed by atoms with Gasteiger partial charge in [0.15, 0.2) is 17.6 Å². The fraction of sp³-hybridized carbons (Fsp3) is 0.200. The highest BCUT2D eigenvalue weighted by molar-refractivity contribution is 5.78. The highest BCUT2D eigenvalue weighted by Gasteiger charge is 2.20. The fourth-order valence-electron chi connectivity index (χ4n) is 1.24. The molecule has 1 unspecified atom stereocenters. The summed E-state index contributed by atoms with van der Waals surface area (Å²) < 4.78 is 18.0. The van der Waals surface area contributed by atoms with E-state index in [0.29, 0.717) is 0 Å². The number of benzene rings is 1. The molecule has 0 heterocycles. The largest absolute Gasteiger partial charge is 0.494 e. The minimum Gasteiger partial charge on any atom is -0.494 e. The summed E-state index contributed by atoms with van der Waals surface area (Å²) in [5.41, 5.74) is 0.137. The van der Waals surface area contributed by atoms with E-state index in [2.05, 4.69) is 10.1 Å². The van der Waals surface area contributed by atoms with E-state index in [0.717, 1.165) is 6.07 Å². The summed E-state index contributed by atoms with van der Waals surface area (Å²) in [6.07, 6.45) is 0.251. The Hall–Kier alpha value is -2.11. The number of carbonyl (C=O) groups is 2. The lowest BCUT2D eigenvalue weighted by Gasteiger charge is -2.12. The number of ether oxygens (including phenoxy) is 1. The third-order valence-corrected chi connectivity index (χ3v) is 1.99. The molecular formula is C10H10FNO4. The Morgan fingerprint density at radius 3 is 2.75 bits per heavy atom. The minimum atomic E-state index is -1.27. The maximum Gasteiger partial charge on any atom is 0.330 e. The number of hydrogen-bond acceptors (Lipinski definition) is 3. The van der Waals surface area contributed by atoms with E-state index < -0.39 is 17.8 Å². The number of amides is 1. The zero-order chi connectivity index (χ0) is 12.1. The topological polar surface area (TPSA) is 75.6 Å². The first-order valence-corrected chi connectivity index (χ1v) is 4.36. The quantitative estimate of drug-likeness (QED) is 0.726. The first-order chi connectivity index (χ1) is 7.60. The predicted molar refractivity (Wildman–Crippen MR) is 52.5 cm³/mol. The minimum absolute atomic E-state index is 0.0130. The second kappa shape index (κ2) is 5.11. The fourth-order valence-corrected chi connectivity index (χ4v) is 1.24. The second-order valence-corrected chi connectivity index (χ2v) is 2.95. The van der Waals surface area contributed by atoms with Gasteiger partial charge in [0.1, 0.15) is 0 Å². The highest BCUT2D eigenvalue weighted by Crippen LogP contribution is 2.21. The Balaban J connectivity index is 3.06. The van der Waals surface area contributed by atoms with Crippen molar-refractivity contribution < 1.29 is 23.8 Å². The van der Waals surface area contributed by atoms with Crippen LogP contribution in [0.3, 0.4) is 0 Å². The second-order valence-electron chi connectivity index (χ2n) is 2.95. The van der Waals surface area contributed by atoms with Gasteiger partial charge in [-0.1, -0.05) is 6.07 Å². The molecule has 0 spiro atoms. The van der Waals surface area contributed by atoms with Crippen LogP contribution in [0.2, 0.25) is 0 Å². The third kappa shape index (κ3) is 2.47. The van der Waals surface area contributed by atoms with Crippen LogP contribution in [0.1, 0.15) is 11.6 Å². The molecule has 1 rings (SSSR count). The molecule has 6 heteroatoms. The summed E-state index contributed by atoms with van der Waals surface area (Å²) in [4.78, 5) is 21.0. The highest BCUT2D eigenvalue weighted by atomic mass is 19.1. The molecule has 0 aromatic heterocycles. The van der Waals surface area contributed by atoms with Gasteiger partial charge in [-0.25, -0.2) is 9.18 Å². The van der Waals surface area contributed by atoms with E-state index in [-0.39, 0.29) is 17.7 Å². The van der Waals surface area contributed by atoms with Crippen molar-refractivity contribution >= 4 is 12.4 Å². The maximum absolute atomic E-state index is 13.3. The molecule has 1 aromatic carbocycles. The van der Waals surface area contributed by atoms with Crippen LogP contribution in [0.5, 0.6) is 5.75 Å². The molecule has 16 heavy (non-hydrogen) atoms. The number of nitrogens with one attached hydrogen (secondary N) is 1. The lowest BCUT2D eigenvalue weighted by molar-refractivity contribution is -0.140. The Kier molecular flexibility index (Phi) is 3.82. The maximum atomic E-state index is 13.3. The average molecular weight is 227 g/mol. The van der Waals surface area contributed by atoms with Crippen molar-refractivity contribution in [3.63, 3.8) is 0 Å². The SMILES string of the molecule is COc1ccc(C(NC=O)C(=O)O)cc1F.